The number of piperidine rings is 1. The summed E-state index contributed by atoms with van der Waals surface area (Å²) in [5.74, 6) is 0.745. The maximum Gasteiger partial charge on any atom is 0.251 e. The van der Waals surface area contributed by atoms with Crippen molar-refractivity contribution in [2.24, 2.45) is 0 Å². The number of carbonyl (C=O) groups is 6. The normalized spacial score (nSPS) is 19.8. The van der Waals surface area contributed by atoms with Crippen LogP contribution in [0.15, 0.2) is 146 Å². The Morgan fingerprint density at radius 2 is 0.759 bits per heavy atom. The molecule has 4 fully saturated rings. The summed E-state index contributed by atoms with van der Waals surface area (Å²) in [7, 11) is 2.13. The van der Waals surface area contributed by atoms with E-state index in [1.807, 2.05) is 28.0 Å². The molecule has 0 bridgehead atoms. The van der Waals surface area contributed by atoms with Crippen molar-refractivity contribution in [3.05, 3.63) is 209 Å². The zero-order valence-electron chi connectivity index (χ0n) is 69.8. The fourth-order valence-corrected chi connectivity index (χ4v) is 17.0. The molecule has 6 aromatic carbocycles. The first-order chi connectivity index (χ1) is 55.9. The molecule has 0 aromatic heterocycles. The molecule has 116 heavy (non-hydrogen) atoms. The number of carbonyl (C=O) groups excluding carboxylic acids is 6. The van der Waals surface area contributed by atoms with E-state index in [1.54, 1.807) is 54.6 Å². The molecule has 4 aliphatic heterocycles. The number of halogens is 6. The fourth-order valence-electron chi connectivity index (χ4n) is 16.1. The minimum atomic E-state index is -0.312. The predicted molar refractivity (Wildman–Crippen MR) is 479 cm³/mol. The smallest absolute Gasteiger partial charge is 0.251 e. The maximum absolute atomic E-state index is 13.9. The van der Waals surface area contributed by atoms with E-state index < -0.39 is 0 Å². The quantitative estimate of drug-likeness (QED) is 0.0204. The summed E-state index contributed by atoms with van der Waals surface area (Å²) in [5, 5.41) is 22.2. The number of nitrogens with one attached hydrogen (secondary N) is 6. The Morgan fingerprint density at radius 1 is 0.422 bits per heavy atom. The van der Waals surface area contributed by atoms with Gasteiger partial charge in [0.15, 0.2) is 0 Å². The number of likely N-dealkylation sites (tertiary alicyclic amines) is 1. The Bertz CT molecular complexity index is 3990. The van der Waals surface area contributed by atoms with E-state index in [0.717, 1.165) is 90.6 Å². The highest BCUT2D eigenvalue weighted by Crippen LogP contribution is 2.30. The van der Waals surface area contributed by atoms with Gasteiger partial charge in [-0.3, -0.25) is 33.7 Å². The molecule has 634 valence electrons. The molecule has 0 unspecified atom stereocenters. The molecule has 0 aliphatic carbocycles. The summed E-state index contributed by atoms with van der Waals surface area (Å²) in [6, 6.07) is 45.9. The lowest BCUT2D eigenvalue weighted by molar-refractivity contribution is -0.134. The summed E-state index contributed by atoms with van der Waals surface area (Å²) in [6.07, 6.45) is 14.8. The third kappa shape index (κ3) is 30.4. The fraction of sp³-hybridized carbons (Fsp3) is 0.543. The first kappa shape index (κ1) is 95.1. The Kier molecular flexibility index (Phi) is 41.0. The summed E-state index contributed by atoms with van der Waals surface area (Å²) < 4.78 is 0. The third-order valence-electron chi connectivity index (χ3n) is 23.2. The Morgan fingerprint density at radius 3 is 1.08 bits per heavy atom. The number of hydrogen-bond acceptors (Lipinski definition) is 12. The SMILES string of the molecule is CCCCCN(C)CC[C@@H]1N[C@H](CNC(=O)c2ccc(Cl)c(Cl)c2)CCN(C[C@@H](CC)c2ccccc2)C1=O.CC[C@H](CN1CC[C@@H](CNC(=O)c2ccc(Cl)c(Cl)c2)N[C@@H](CCN(C(C)C)C(C)C)C1=O)c1ccccc1.CC[C@H](CN1CC[C@@H](CNC(=O)c2ccc(Cl)c(Cl)c2)N[C@@H](CCN2CCCCC2)C1=O)c1ccccc1. The van der Waals surface area contributed by atoms with E-state index in [4.69, 9.17) is 69.6 Å². The first-order valence-corrected chi connectivity index (χ1v) is 44.8. The molecule has 10 rings (SSSR count). The van der Waals surface area contributed by atoms with Gasteiger partial charge in [-0.1, -0.05) is 208 Å². The molecule has 4 heterocycles. The van der Waals surface area contributed by atoms with Crippen LogP contribution in [0.1, 0.15) is 217 Å². The van der Waals surface area contributed by atoms with Crippen LogP contribution in [0.3, 0.4) is 0 Å². The topological polar surface area (TPSA) is 194 Å². The van der Waals surface area contributed by atoms with Crippen LogP contribution >= 0.6 is 69.6 Å². The molecule has 6 aromatic rings. The minimum Gasteiger partial charge on any atom is -0.350 e. The van der Waals surface area contributed by atoms with Crippen molar-refractivity contribution in [3.63, 3.8) is 0 Å². The van der Waals surface area contributed by atoms with Gasteiger partial charge in [0.1, 0.15) is 0 Å². The van der Waals surface area contributed by atoms with Crippen molar-refractivity contribution in [2.75, 3.05) is 105 Å². The maximum atomic E-state index is 13.9. The zero-order chi connectivity index (χ0) is 83.6. The molecule has 4 aliphatic rings. The van der Waals surface area contributed by atoms with Crippen molar-refractivity contribution in [1.29, 1.82) is 0 Å². The average molecular weight is 1710 g/mol. The molecule has 0 spiro atoms. The molecule has 0 radical (unpaired) electrons. The predicted octanol–water partition coefficient (Wildman–Crippen LogP) is 17.3. The molecule has 24 heteroatoms. The second kappa shape index (κ2) is 50.0. The van der Waals surface area contributed by atoms with E-state index in [-0.39, 0.29) is 77.6 Å². The van der Waals surface area contributed by atoms with Crippen LogP contribution in [0.25, 0.3) is 0 Å². The molecule has 6 N–H and O–H groups in total. The Hall–Kier alpha value is -6.36. The zero-order valence-corrected chi connectivity index (χ0v) is 74.4. The monoisotopic (exact) mass is 1710 g/mol. The highest BCUT2D eigenvalue weighted by molar-refractivity contribution is 6.43. The van der Waals surface area contributed by atoms with Gasteiger partial charge >= 0.3 is 0 Å². The van der Waals surface area contributed by atoms with Crippen molar-refractivity contribution < 1.29 is 28.8 Å². The van der Waals surface area contributed by atoms with Gasteiger partial charge in [0.2, 0.25) is 17.7 Å². The van der Waals surface area contributed by atoms with Crippen molar-refractivity contribution in [1.82, 2.24) is 61.3 Å². The lowest BCUT2D eigenvalue weighted by atomic mass is 9.95. The number of unbranched alkanes of at least 4 members (excludes halogenated alkanes) is 2. The van der Waals surface area contributed by atoms with Crippen LogP contribution in [-0.2, 0) is 14.4 Å². The standard InChI is InChI=1S/2C31H44Cl2N4O2.C30H40Cl2N4O2/c1-6-23(24-10-8-7-9-11-24)20-36-16-14-26(19-34-30(38)25-12-13-27(32)28(33)18-25)35-29(31(36)39)15-17-37(21(2)3)22(4)5;1-4-6-10-17-36(3)18-16-29-31(39)37(22-23(5-2)24-11-8-7-9-12-24)19-15-26(35-29)21-34-30(38)25-13-14-27(32)28(33)20-25;1-2-22(23-9-5-3-6-10-23)21-36-18-13-25(20-33-29(37)24-11-12-26(31)27(32)19-24)34-28(30(36)38)14-17-35-15-7-4-8-16-35/h7-13,18,21-23,26,29,35H,6,14-17,19-20H2,1-5H3,(H,34,38);7-9,11-14,20,23,26,29,35H,4-6,10,15-19,21-22H2,1-3H3,(H,34,38);3,5-6,9-12,19,22,25,28,34H,2,4,7-8,13-18,20-21H2,1H3,(H,33,37)/t2*23-,26+,29+;22-,25+,28+/m111/s1. The minimum absolute atomic E-state index is 0.00108. The largest absolute Gasteiger partial charge is 0.350 e. The van der Waals surface area contributed by atoms with Crippen LogP contribution in [0.2, 0.25) is 30.1 Å². The van der Waals surface area contributed by atoms with Gasteiger partial charge < -0.3 is 56.4 Å². The van der Waals surface area contributed by atoms with Gasteiger partial charge in [-0.2, -0.15) is 0 Å². The average Bonchev–Trinajstić information content (AvgIpc) is 1.67. The van der Waals surface area contributed by atoms with Gasteiger partial charge in [-0.05, 0) is 209 Å². The Labute approximate surface area is 722 Å². The highest BCUT2D eigenvalue weighted by atomic mass is 35.5. The molecule has 9 atom stereocenters. The number of benzene rings is 6. The second-order valence-electron chi connectivity index (χ2n) is 32.2. The van der Waals surface area contributed by atoms with Gasteiger partial charge in [0.25, 0.3) is 17.7 Å². The molecular formula is C92H128Cl6N12O6. The van der Waals surface area contributed by atoms with E-state index >= 15 is 0 Å². The Balaban J connectivity index is 0.000000217. The van der Waals surface area contributed by atoms with Gasteiger partial charge in [0, 0.05) is 137 Å². The van der Waals surface area contributed by atoms with Gasteiger partial charge in [-0.15, -0.1) is 0 Å². The molecular weight excluding hydrogens is 1580 g/mol. The number of nitrogens with zero attached hydrogens (tertiary/aromatic N) is 6. The number of amides is 6. The van der Waals surface area contributed by atoms with Crippen LogP contribution in [-0.4, -0.2) is 218 Å². The van der Waals surface area contributed by atoms with E-state index in [2.05, 4.69) is 187 Å². The molecule has 6 amide bonds. The first-order valence-electron chi connectivity index (χ1n) is 42.5. The summed E-state index contributed by atoms with van der Waals surface area (Å²) in [5.41, 5.74) is 5.21. The molecule has 18 nitrogen and oxygen atoms in total. The summed E-state index contributed by atoms with van der Waals surface area (Å²) >= 11 is 36.3. The summed E-state index contributed by atoms with van der Waals surface area (Å²) in [4.78, 5) is 93.3. The van der Waals surface area contributed by atoms with E-state index in [1.165, 1.54) is 55.2 Å². The molecule has 0 saturated carbocycles. The number of rotatable bonds is 36. The molecule has 4 saturated heterocycles. The van der Waals surface area contributed by atoms with E-state index in [9.17, 15) is 28.8 Å². The van der Waals surface area contributed by atoms with E-state index in [0.29, 0.717) is 136 Å². The van der Waals surface area contributed by atoms with Crippen LogP contribution in [0, 0.1) is 0 Å². The second-order valence-corrected chi connectivity index (χ2v) is 34.7. The van der Waals surface area contributed by atoms with Crippen molar-refractivity contribution in [2.45, 2.75) is 218 Å². The number of hydrogen-bond donors (Lipinski definition) is 6. The van der Waals surface area contributed by atoms with Crippen molar-refractivity contribution in [3.8, 4) is 0 Å². The summed E-state index contributed by atoms with van der Waals surface area (Å²) in [6.45, 7) is 28.8. The third-order valence-corrected chi connectivity index (χ3v) is 25.4. The lowest BCUT2D eigenvalue weighted by Crippen LogP contribution is -2.51. The van der Waals surface area contributed by atoms with Gasteiger partial charge in [0.05, 0.1) is 48.3 Å². The van der Waals surface area contributed by atoms with Crippen LogP contribution < -0.4 is 31.9 Å². The van der Waals surface area contributed by atoms with Crippen LogP contribution in [0.4, 0.5) is 0 Å². The highest BCUT2D eigenvalue weighted by Gasteiger charge is 2.37. The van der Waals surface area contributed by atoms with Crippen LogP contribution in [0.5, 0.6) is 0 Å². The van der Waals surface area contributed by atoms with Crippen molar-refractivity contribution >= 4 is 105 Å². The van der Waals surface area contributed by atoms with Gasteiger partial charge in [-0.25, -0.2) is 0 Å². The lowest BCUT2D eigenvalue weighted by Gasteiger charge is -2.33.